The van der Waals surface area contributed by atoms with Crippen LogP contribution in [0.1, 0.15) is 25.8 Å². The monoisotopic (exact) mass is 452 g/mol. The van der Waals surface area contributed by atoms with Gasteiger partial charge in [-0.3, -0.25) is 9.59 Å². The van der Waals surface area contributed by atoms with Crippen molar-refractivity contribution in [1.82, 2.24) is 0 Å². The number of thioether (sulfide) groups is 1. The van der Waals surface area contributed by atoms with Gasteiger partial charge in [-0.05, 0) is 56.7 Å². The standard InChI is InChI=1S/C20H21ClN2O4S2/c1-11-4-5-14(21)9-16(11)22-19(24)8-12(2)29(26,27)15-6-7-18-17(10-15)23-20(25)13(3)28-18/h4-7,9-10,12-13H,8H2,1-3H3,(H,22,24)(H,23,25)/t12-,13-/m1/s1. The van der Waals surface area contributed by atoms with Gasteiger partial charge in [-0.25, -0.2) is 8.42 Å². The van der Waals surface area contributed by atoms with Gasteiger partial charge in [0.25, 0.3) is 0 Å². The van der Waals surface area contributed by atoms with Crippen molar-refractivity contribution in [2.24, 2.45) is 0 Å². The summed E-state index contributed by atoms with van der Waals surface area (Å²) < 4.78 is 25.9. The van der Waals surface area contributed by atoms with Gasteiger partial charge in [-0.15, -0.1) is 11.8 Å². The fraction of sp³-hybridized carbons (Fsp3) is 0.300. The molecule has 0 aromatic heterocycles. The van der Waals surface area contributed by atoms with Crippen LogP contribution in [0, 0.1) is 6.92 Å². The smallest absolute Gasteiger partial charge is 0.237 e. The number of sulfone groups is 1. The van der Waals surface area contributed by atoms with Gasteiger partial charge >= 0.3 is 0 Å². The van der Waals surface area contributed by atoms with Crippen LogP contribution in [0.2, 0.25) is 5.02 Å². The highest BCUT2D eigenvalue weighted by Crippen LogP contribution is 2.37. The normalized spacial score (nSPS) is 17.2. The van der Waals surface area contributed by atoms with Crippen molar-refractivity contribution in [1.29, 1.82) is 0 Å². The molecule has 0 spiro atoms. The number of fused-ring (bicyclic) bond motifs is 1. The molecule has 1 heterocycles. The molecule has 0 saturated carbocycles. The number of nitrogens with one attached hydrogen (secondary N) is 2. The first kappa shape index (κ1) is 21.7. The first-order chi connectivity index (χ1) is 13.6. The molecule has 9 heteroatoms. The Labute approximate surface area is 179 Å². The summed E-state index contributed by atoms with van der Waals surface area (Å²) in [4.78, 5) is 25.2. The maximum absolute atomic E-state index is 13.0. The zero-order valence-corrected chi connectivity index (χ0v) is 18.5. The zero-order valence-electron chi connectivity index (χ0n) is 16.2. The molecule has 0 fully saturated rings. The second-order valence-electron chi connectivity index (χ2n) is 6.97. The maximum Gasteiger partial charge on any atom is 0.237 e. The van der Waals surface area contributed by atoms with E-state index in [1.165, 1.54) is 30.8 Å². The number of hydrogen-bond donors (Lipinski definition) is 2. The minimum absolute atomic E-state index is 0.0749. The third kappa shape index (κ3) is 4.76. The summed E-state index contributed by atoms with van der Waals surface area (Å²) in [5.41, 5.74) is 1.86. The van der Waals surface area contributed by atoms with E-state index < -0.39 is 21.0 Å². The first-order valence-electron chi connectivity index (χ1n) is 8.99. The predicted octanol–water partition coefficient (Wildman–Crippen LogP) is 4.27. The van der Waals surface area contributed by atoms with Crippen LogP contribution in [0.5, 0.6) is 0 Å². The zero-order chi connectivity index (χ0) is 21.3. The number of hydrogen-bond acceptors (Lipinski definition) is 5. The van der Waals surface area contributed by atoms with E-state index in [0.717, 1.165) is 10.5 Å². The fourth-order valence-electron chi connectivity index (χ4n) is 2.90. The van der Waals surface area contributed by atoms with E-state index in [-0.39, 0.29) is 22.5 Å². The van der Waals surface area contributed by atoms with Gasteiger partial charge in [0, 0.05) is 22.0 Å². The van der Waals surface area contributed by atoms with Crippen molar-refractivity contribution in [2.45, 2.75) is 47.5 Å². The van der Waals surface area contributed by atoms with Crippen LogP contribution in [0.15, 0.2) is 46.2 Å². The van der Waals surface area contributed by atoms with Crippen molar-refractivity contribution in [3.63, 3.8) is 0 Å². The van der Waals surface area contributed by atoms with Gasteiger partial charge in [0.2, 0.25) is 11.8 Å². The number of amides is 2. The Morgan fingerprint density at radius 1 is 1.28 bits per heavy atom. The van der Waals surface area contributed by atoms with Crippen molar-refractivity contribution in [3.8, 4) is 0 Å². The minimum atomic E-state index is -3.76. The van der Waals surface area contributed by atoms with E-state index in [1.54, 1.807) is 31.2 Å². The van der Waals surface area contributed by atoms with E-state index in [2.05, 4.69) is 10.6 Å². The van der Waals surface area contributed by atoms with E-state index in [1.807, 2.05) is 6.92 Å². The van der Waals surface area contributed by atoms with Gasteiger partial charge in [0.15, 0.2) is 9.84 Å². The summed E-state index contributed by atoms with van der Waals surface area (Å²) >= 11 is 7.34. The molecule has 0 saturated heterocycles. The average molecular weight is 453 g/mol. The number of anilines is 2. The maximum atomic E-state index is 13.0. The fourth-order valence-corrected chi connectivity index (χ4v) is 5.38. The molecule has 29 heavy (non-hydrogen) atoms. The number of carbonyl (C=O) groups is 2. The van der Waals surface area contributed by atoms with Gasteiger partial charge < -0.3 is 10.6 Å². The summed E-state index contributed by atoms with van der Waals surface area (Å²) in [7, 11) is -3.76. The molecule has 2 aromatic carbocycles. The Kier molecular flexibility index (Phi) is 6.26. The molecule has 154 valence electrons. The van der Waals surface area contributed by atoms with Crippen molar-refractivity contribution >= 4 is 56.4 Å². The summed E-state index contributed by atoms with van der Waals surface area (Å²) in [5.74, 6) is -0.580. The van der Waals surface area contributed by atoms with E-state index in [0.29, 0.717) is 16.4 Å². The van der Waals surface area contributed by atoms with Crippen LogP contribution < -0.4 is 10.6 Å². The highest BCUT2D eigenvalue weighted by molar-refractivity contribution is 8.01. The highest BCUT2D eigenvalue weighted by Gasteiger charge is 2.29. The second kappa shape index (κ2) is 8.38. The quantitative estimate of drug-likeness (QED) is 0.706. The van der Waals surface area contributed by atoms with Crippen LogP contribution in [-0.4, -0.2) is 30.7 Å². The lowest BCUT2D eigenvalue weighted by molar-refractivity contribution is -0.116. The van der Waals surface area contributed by atoms with Crippen LogP contribution in [0.25, 0.3) is 0 Å². The Balaban J connectivity index is 1.75. The second-order valence-corrected chi connectivity index (χ2v) is 11.2. The third-order valence-electron chi connectivity index (χ3n) is 4.69. The molecule has 3 rings (SSSR count). The number of rotatable bonds is 5. The topological polar surface area (TPSA) is 92.3 Å². The molecule has 0 bridgehead atoms. The molecule has 0 unspecified atom stereocenters. The lowest BCUT2D eigenvalue weighted by Gasteiger charge is -2.22. The van der Waals surface area contributed by atoms with Crippen LogP contribution in [0.4, 0.5) is 11.4 Å². The van der Waals surface area contributed by atoms with Gasteiger partial charge in [0.1, 0.15) is 0 Å². The van der Waals surface area contributed by atoms with Gasteiger partial charge in [-0.1, -0.05) is 17.7 Å². The minimum Gasteiger partial charge on any atom is -0.326 e. The Morgan fingerprint density at radius 2 is 2.00 bits per heavy atom. The van der Waals surface area contributed by atoms with Crippen LogP contribution in [-0.2, 0) is 19.4 Å². The van der Waals surface area contributed by atoms with Crippen LogP contribution in [0.3, 0.4) is 0 Å². The van der Waals surface area contributed by atoms with E-state index in [4.69, 9.17) is 11.6 Å². The summed E-state index contributed by atoms with van der Waals surface area (Å²) in [6.45, 7) is 5.11. The average Bonchev–Trinajstić information content (AvgIpc) is 2.65. The van der Waals surface area contributed by atoms with Gasteiger partial charge in [0.05, 0.1) is 21.1 Å². The summed E-state index contributed by atoms with van der Waals surface area (Å²) in [6.07, 6.45) is -0.205. The Hall–Kier alpha value is -2.03. The highest BCUT2D eigenvalue weighted by atomic mass is 35.5. The molecule has 2 N–H and O–H groups in total. The molecule has 2 amide bonds. The molecule has 1 aliphatic rings. The molecular weight excluding hydrogens is 432 g/mol. The summed E-state index contributed by atoms with van der Waals surface area (Å²) in [5, 5.41) is 4.76. The molecule has 0 aliphatic carbocycles. The lowest BCUT2D eigenvalue weighted by atomic mass is 10.2. The molecule has 1 aliphatic heterocycles. The summed E-state index contributed by atoms with van der Waals surface area (Å²) in [6, 6.07) is 9.77. The van der Waals surface area contributed by atoms with Gasteiger partial charge in [-0.2, -0.15) is 0 Å². The first-order valence-corrected chi connectivity index (χ1v) is 11.8. The Morgan fingerprint density at radius 3 is 2.72 bits per heavy atom. The SMILES string of the molecule is Cc1ccc(Cl)cc1NC(=O)C[C@@H](C)S(=O)(=O)c1ccc2c(c1)NC(=O)[C@@H](C)S2. The lowest BCUT2D eigenvalue weighted by Crippen LogP contribution is -2.27. The van der Waals surface area contributed by atoms with Crippen LogP contribution >= 0.6 is 23.4 Å². The van der Waals surface area contributed by atoms with E-state index >= 15 is 0 Å². The van der Waals surface area contributed by atoms with Crippen molar-refractivity contribution in [3.05, 3.63) is 47.0 Å². The number of benzene rings is 2. The van der Waals surface area contributed by atoms with E-state index in [9.17, 15) is 18.0 Å². The molecule has 2 atom stereocenters. The predicted molar refractivity (Wildman–Crippen MR) is 116 cm³/mol. The molecule has 0 radical (unpaired) electrons. The largest absolute Gasteiger partial charge is 0.326 e. The molecular formula is C20H21ClN2O4S2. The molecule has 2 aromatic rings. The third-order valence-corrected chi connectivity index (χ3v) is 8.24. The van der Waals surface area contributed by atoms with Crippen molar-refractivity contribution in [2.75, 3.05) is 10.6 Å². The molecule has 6 nitrogen and oxygen atoms in total. The number of aryl methyl sites for hydroxylation is 1. The number of halogens is 1. The Bertz CT molecular complexity index is 1090. The van der Waals surface area contributed by atoms with Crippen molar-refractivity contribution < 1.29 is 18.0 Å². The number of carbonyl (C=O) groups excluding carboxylic acids is 2.